The Hall–Kier alpha value is -1.26. The van der Waals surface area contributed by atoms with Gasteiger partial charge in [0.2, 0.25) is 5.91 Å². The van der Waals surface area contributed by atoms with Gasteiger partial charge in [0.25, 0.3) is 0 Å². The molecular weight excluding hydrogens is 230 g/mol. The molecular formula is C13H25N3O2. The Bertz CT molecular complexity index is 323. The van der Waals surface area contributed by atoms with Crippen LogP contribution < -0.4 is 10.6 Å². The van der Waals surface area contributed by atoms with Crippen molar-refractivity contribution in [3.63, 3.8) is 0 Å². The quantitative estimate of drug-likeness (QED) is 0.802. The van der Waals surface area contributed by atoms with E-state index in [9.17, 15) is 9.59 Å². The number of nitrogens with zero attached hydrogens (tertiary/aromatic N) is 1. The molecule has 1 saturated heterocycles. The first-order valence-corrected chi connectivity index (χ1v) is 6.61. The van der Waals surface area contributed by atoms with Gasteiger partial charge in [-0.05, 0) is 34.1 Å². The third-order valence-electron chi connectivity index (χ3n) is 3.26. The second kappa shape index (κ2) is 5.59. The lowest BCUT2D eigenvalue weighted by molar-refractivity contribution is -0.131. The molecule has 3 amide bonds. The van der Waals surface area contributed by atoms with Gasteiger partial charge in [-0.25, -0.2) is 4.79 Å². The topological polar surface area (TPSA) is 61.4 Å². The van der Waals surface area contributed by atoms with E-state index in [1.807, 2.05) is 39.5 Å². The van der Waals surface area contributed by atoms with Gasteiger partial charge in [0.05, 0.1) is 6.04 Å². The molecule has 0 saturated carbocycles. The van der Waals surface area contributed by atoms with E-state index < -0.39 is 0 Å². The highest BCUT2D eigenvalue weighted by molar-refractivity contribution is 5.82. The highest BCUT2D eigenvalue weighted by Crippen LogP contribution is 2.21. The van der Waals surface area contributed by atoms with Crippen LogP contribution in [0.1, 0.15) is 47.5 Å². The first kappa shape index (κ1) is 14.8. The van der Waals surface area contributed by atoms with Crippen LogP contribution in [0.2, 0.25) is 0 Å². The number of hydrogen-bond donors (Lipinski definition) is 2. The van der Waals surface area contributed by atoms with E-state index >= 15 is 0 Å². The number of rotatable bonds is 3. The summed E-state index contributed by atoms with van der Waals surface area (Å²) in [4.78, 5) is 25.3. The third-order valence-corrected chi connectivity index (χ3v) is 3.26. The molecule has 2 atom stereocenters. The number of hydrogen-bond acceptors (Lipinski definition) is 2. The first-order chi connectivity index (χ1) is 8.24. The van der Waals surface area contributed by atoms with Gasteiger partial charge in [-0.3, -0.25) is 4.79 Å². The van der Waals surface area contributed by atoms with Crippen LogP contribution in [0.15, 0.2) is 0 Å². The molecule has 0 aromatic carbocycles. The molecule has 0 bridgehead atoms. The molecule has 104 valence electrons. The maximum absolute atomic E-state index is 11.8. The molecule has 2 N–H and O–H groups in total. The van der Waals surface area contributed by atoms with E-state index in [2.05, 4.69) is 10.6 Å². The molecule has 1 aliphatic rings. The summed E-state index contributed by atoms with van der Waals surface area (Å²) in [5.41, 5.74) is -0.180. The van der Waals surface area contributed by atoms with Crippen LogP contribution in [-0.4, -0.2) is 41.0 Å². The van der Waals surface area contributed by atoms with Crippen LogP contribution in [0.3, 0.4) is 0 Å². The molecule has 5 heteroatoms. The lowest BCUT2D eigenvalue weighted by Gasteiger charge is -2.32. The Labute approximate surface area is 109 Å². The van der Waals surface area contributed by atoms with Gasteiger partial charge in [-0.2, -0.15) is 0 Å². The SMILES string of the molecule is CCC(C)NC(=O)NC1CC(=O)N(C(C)(C)C)C1. The Balaban J connectivity index is 2.47. The van der Waals surface area contributed by atoms with Crippen LogP contribution in [0.25, 0.3) is 0 Å². The molecule has 0 aliphatic carbocycles. The molecule has 1 aliphatic heterocycles. The summed E-state index contributed by atoms with van der Waals surface area (Å²) < 4.78 is 0. The fourth-order valence-corrected chi connectivity index (χ4v) is 2.01. The van der Waals surface area contributed by atoms with E-state index in [-0.39, 0.29) is 29.6 Å². The number of carbonyl (C=O) groups is 2. The van der Waals surface area contributed by atoms with Gasteiger partial charge in [0.1, 0.15) is 0 Å². The predicted octanol–water partition coefficient (Wildman–Crippen LogP) is 1.48. The molecule has 0 aromatic heterocycles. The normalized spacial score (nSPS) is 21.9. The maximum atomic E-state index is 11.8. The summed E-state index contributed by atoms with van der Waals surface area (Å²) in [7, 11) is 0. The molecule has 5 nitrogen and oxygen atoms in total. The third kappa shape index (κ3) is 3.89. The summed E-state index contributed by atoms with van der Waals surface area (Å²) in [6.07, 6.45) is 1.29. The van der Waals surface area contributed by atoms with Crippen molar-refractivity contribution in [2.24, 2.45) is 0 Å². The highest BCUT2D eigenvalue weighted by atomic mass is 16.2. The second-order valence-corrected chi connectivity index (χ2v) is 6.00. The lowest BCUT2D eigenvalue weighted by Crippen LogP contribution is -2.48. The Morgan fingerprint density at radius 3 is 2.56 bits per heavy atom. The van der Waals surface area contributed by atoms with Crippen molar-refractivity contribution >= 4 is 11.9 Å². The predicted molar refractivity (Wildman–Crippen MR) is 71.3 cm³/mol. The molecule has 1 heterocycles. The minimum atomic E-state index is -0.182. The number of likely N-dealkylation sites (tertiary alicyclic amines) is 1. The average molecular weight is 255 g/mol. The van der Waals surface area contributed by atoms with Crippen molar-refractivity contribution in [1.82, 2.24) is 15.5 Å². The van der Waals surface area contributed by atoms with Gasteiger partial charge < -0.3 is 15.5 Å². The van der Waals surface area contributed by atoms with Crippen LogP contribution in [0, 0.1) is 0 Å². The number of urea groups is 1. The van der Waals surface area contributed by atoms with Crippen molar-refractivity contribution in [3.8, 4) is 0 Å². The van der Waals surface area contributed by atoms with Crippen molar-refractivity contribution in [2.75, 3.05) is 6.54 Å². The van der Waals surface area contributed by atoms with Gasteiger partial charge in [0, 0.05) is 24.5 Å². The second-order valence-electron chi connectivity index (χ2n) is 6.00. The molecule has 1 rings (SSSR count). The van der Waals surface area contributed by atoms with Crippen molar-refractivity contribution in [1.29, 1.82) is 0 Å². The molecule has 0 aromatic rings. The smallest absolute Gasteiger partial charge is 0.315 e. The molecule has 0 radical (unpaired) electrons. The summed E-state index contributed by atoms with van der Waals surface area (Å²) in [6.45, 7) is 10.6. The van der Waals surface area contributed by atoms with Crippen molar-refractivity contribution in [3.05, 3.63) is 0 Å². The summed E-state index contributed by atoms with van der Waals surface area (Å²) in [5.74, 6) is 0.108. The average Bonchev–Trinajstić information content (AvgIpc) is 2.58. The van der Waals surface area contributed by atoms with E-state index in [0.29, 0.717) is 13.0 Å². The van der Waals surface area contributed by atoms with Gasteiger partial charge >= 0.3 is 6.03 Å². The summed E-state index contributed by atoms with van der Waals surface area (Å²) in [5, 5.41) is 5.71. The van der Waals surface area contributed by atoms with Gasteiger partial charge in [0.15, 0.2) is 0 Å². The minimum Gasteiger partial charge on any atom is -0.336 e. The highest BCUT2D eigenvalue weighted by Gasteiger charge is 2.36. The van der Waals surface area contributed by atoms with E-state index in [4.69, 9.17) is 0 Å². The fraction of sp³-hybridized carbons (Fsp3) is 0.846. The maximum Gasteiger partial charge on any atom is 0.315 e. The number of carbonyl (C=O) groups excluding carboxylic acids is 2. The van der Waals surface area contributed by atoms with Crippen LogP contribution >= 0.6 is 0 Å². The largest absolute Gasteiger partial charge is 0.336 e. The minimum absolute atomic E-state index is 0.0826. The van der Waals surface area contributed by atoms with Gasteiger partial charge in [-0.1, -0.05) is 6.92 Å². The Kier molecular flexibility index (Phi) is 4.59. The Morgan fingerprint density at radius 2 is 2.11 bits per heavy atom. The summed E-state index contributed by atoms with van der Waals surface area (Å²) in [6, 6.07) is -0.112. The summed E-state index contributed by atoms with van der Waals surface area (Å²) >= 11 is 0. The standard InChI is InChI=1S/C13H25N3O2/c1-6-9(2)14-12(18)15-10-7-11(17)16(8-10)13(3,4)5/h9-10H,6-8H2,1-5H3,(H2,14,15,18). The zero-order valence-electron chi connectivity index (χ0n) is 12.0. The van der Waals surface area contributed by atoms with Crippen molar-refractivity contribution < 1.29 is 9.59 Å². The first-order valence-electron chi connectivity index (χ1n) is 6.61. The lowest BCUT2D eigenvalue weighted by atomic mass is 10.1. The Morgan fingerprint density at radius 1 is 1.50 bits per heavy atom. The molecule has 18 heavy (non-hydrogen) atoms. The van der Waals surface area contributed by atoms with Crippen molar-refractivity contribution in [2.45, 2.75) is 65.1 Å². The molecule has 1 fully saturated rings. The zero-order valence-corrected chi connectivity index (χ0v) is 12.0. The van der Waals surface area contributed by atoms with E-state index in [1.165, 1.54) is 0 Å². The number of amides is 3. The molecule has 0 spiro atoms. The zero-order chi connectivity index (χ0) is 13.9. The van der Waals surface area contributed by atoms with Crippen LogP contribution in [-0.2, 0) is 4.79 Å². The number of nitrogens with one attached hydrogen (secondary N) is 2. The van der Waals surface area contributed by atoms with E-state index in [0.717, 1.165) is 6.42 Å². The van der Waals surface area contributed by atoms with Crippen LogP contribution in [0.4, 0.5) is 4.79 Å². The monoisotopic (exact) mass is 255 g/mol. The molecule has 2 unspecified atom stereocenters. The van der Waals surface area contributed by atoms with E-state index in [1.54, 1.807) is 0 Å². The van der Waals surface area contributed by atoms with Crippen LogP contribution in [0.5, 0.6) is 0 Å². The van der Waals surface area contributed by atoms with Gasteiger partial charge in [-0.15, -0.1) is 0 Å². The fourth-order valence-electron chi connectivity index (χ4n) is 2.01.